The van der Waals surface area contributed by atoms with E-state index in [0.29, 0.717) is 24.3 Å². The number of carbonyl (C=O) groups excluding carboxylic acids is 2. The van der Waals surface area contributed by atoms with Gasteiger partial charge in [-0.15, -0.1) is 0 Å². The molecule has 1 N–H and O–H groups in total. The highest BCUT2D eigenvalue weighted by Crippen LogP contribution is 2.22. The highest BCUT2D eigenvalue weighted by atomic mass is 32.2. The van der Waals surface area contributed by atoms with Gasteiger partial charge in [0.15, 0.2) is 0 Å². The summed E-state index contributed by atoms with van der Waals surface area (Å²) < 4.78 is 45.2. The van der Waals surface area contributed by atoms with Crippen LogP contribution in [0, 0.1) is 5.82 Å². The van der Waals surface area contributed by atoms with Gasteiger partial charge in [0.1, 0.15) is 24.2 Å². The summed E-state index contributed by atoms with van der Waals surface area (Å²) in [5.74, 6) is -0.877. The van der Waals surface area contributed by atoms with Gasteiger partial charge in [0, 0.05) is 19.5 Å². The minimum absolute atomic E-state index is 0.0358. The molecule has 2 amide bonds. The normalized spacial score (nSPS) is 11.9. The van der Waals surface area contributed by atoms with E-state index >= 15 is 0 Å². The molecule has 0 saturated carbocycles. The summed E-state index contributed by atoms with van der Waals surface area (Å²) >= 11 is 0. The number of hydrogen-bond acceptors (Lipinski definition) is 5. The first-order valence-corrected chi connectivity index (χ1v) is 14.4. The van der Waals surface area contributed by atoms with Crippen molar-refractivity contribution in [3.63, 3.8) is 0 Å². The van der Waals surface area contributed by atoms with Crippen LogP contribution in [0.4, 0.5) is 10.1 Å². The predicted molar refractivity (Wildman–Crippen MR) is 149 cm³/mol. The zero-order valence-corrected chi connectivity index (χ0v) is 23.2. The molecule has 0 radical (unpaired) electrons. The average Bonchev–Trinajstić information content (AvgIpc) is 2.92. The summed E-state index contributed by atoms with van der Waals surface area (Å²) in [7, 11) is -2.39. The molecule has 8 nitrogen and oxygen atoms in total. The molecule has 1 atom stereocenters. The van der Waals surface area contributed by atoms with Crippen molar-refractivity contribution in [2.75, 3.05) is 30.8 Å². The van der Waals surface area contributed by atoms with Crippen LogP contribution >= 0.6 is 0 Å². The minimum Gasteiger partial charge on any atom is -0.497 e. The first-order chi connectivity index (χ1) is 18.6. The third-order valence-electron chi connectivity index (χ3n) is 6.10. The molecular formula is C29H34FN3O5S. The van der Waals surface area contributed by atoms with Crippen LogP contribution in [-0.2, 0) is 32.6 Å². The van der Waals surface area contributed by atoms with Gasteiger partial charge in [0.25, 0.3) is 0 Å². The Hall–Kier alpha value is -3.92. The number of ether oxygens (including phenoxy) is 1. The van der Waals surface area contributed by atoms with Crippen molar-refractivity contribution in [3.05, 3.63) is 95.8 Å². The second kappa shape index (κ2) is 13.7. The molecule has 3 aromatic rings. The van der Waals surface area contributed by atoms with E-state index in [-0.39, 0.29) is 24.6 Å². The molecule has 208 valence electrons. The van der Waals surface area contributed by atoms with E-state index in [1.54, 1.807) is 24.3 Å². The largest absolute Gasteiger partial charge is 0.497 e. The molecule has 0 fully saturated rings. The molecule has 0 aliphatic heterocycles. The zero-order valence-electron chi connectivity index (χ0n) is 22.3. The number of hydrogen-bond donors (Lipinski definition) is 1. The van der Waals surface area contributed by atoms with Gasteiger partial charge in [0.2, 0.25) is 21.8 Å². The summed E-state index contributed by atoms with van der Waals surface area (Å²) in [5.41, 5.74) is 1.69. The summed E-state index contributed by atoms with van der Waals surface area (Å²) in [6.07, 6.45) is 1.91. The third-order valence-corrected chi connectivity index (χ3v) is 7.24. The van der Waals surface area contributed by atoms with Gasteiger partial charge in [-0.1, -0.05) is 49.4 Å². The molecule has 0 saturated heterocycles. The smallest absolute Gasteiger partial charge is 0.244 e. The van der Waals surface area contributed by atoms with Gasteiger partial charge in [-0.05, 0) is 53.9 Å². The van der Waals surface area contributed by atoms with Crippen molar-refractivity contribution >= 4 is 27.5 Å². The minimum atomic E-state index is -3.92. The maximum absolute atomic E-state index is 13.9. The number of amides is 2. The van der Waals surface area contributed by atoms with E-state index in [4.69, 9.17) is 4.74 Å². The second-order valence-electron chi connectivity index (χ2n) is 9.12. The lowest BCUT2D eigenvalue weighted by Gasteiger charge is -2.33. The van der Waals surface area contributed by atoms with Crippen LogP contribution in [0.3, 0.4) is 0 Å². The highest BCUT2D eigenvalue weighted by molar-refractivity contribution is 7.92. The Morgan fingerprint density at radius 2 is 1.64 bits per heavy atom. The van der Waals surface area contributed by atoms with Gasteiger partial charge in [-0.3, -0.25) is 13.9 Å². The lowest BCUT2D eigenvalue weighted by molar-refractivity contribution is -0.140. The number of anilines is 1. The number of methoxy groups -OCH3 is 1. The zero-order chi connectivity index (χ0) is 28.4. The maximum atomic E-state index is 13.9. The van der Waals surface area contributed by atoms with Crippen molar-refractivity contribution in [2.24, 2.45) is 0 Å². The van der Waals surface area contributed by atoms with Crippen LogP contribution < -0.4 is 14.4 Å². The van der Waals surface area contributed by atoms with Gasteiger partial charge in [-0.25, -0.2) is 12.8 Å². The SMILES string of the molecule is CCCNC(=O)[C@H](Cc1ccccc1)N(Cc1cccc(OC)c1)C(=O)CN(c1ccc(F)cc1)S(C)(=O)=O. The molecule has 0 bridgehead atoms. The molecule has 0 aliphatic rings. The van der Waals surface area contributed by atoms with E-state index in [2.05, 4.69) is 5.32 Å². The number of carbonyl (C=O) groups is 2. The van der Waals surface area contributed by atoms with Crippen LogP contribution in [0.1, 0.15) is 24.5 Å². The molecule has 3 rings (SSSR count). The molecule has 0 aliphatic carbocycles. The number of sulfonamides is 1. The maximum Gasteiger partial charge on any atom is 0.244 e. The summed E-state index contributed by atoms with van der Waals surface area (Å²) in [6.45, 7) is 1.82. The Kier molecular flexibility index (Phi) is 10.4. The highest BCUT2D eigenvalue weighted by Gasteiger charge is 2.33. The number of benzene rings is 3. The first kappa shape index (κ1) is 29.6. The van der Waals surface area contributed by atoms with Crippen molar-refractivity contribution in [3.8, 4) is 5.75 Å². The fourth-order valence-electron chi connectivity index (χ4n) is 4.11. The van der Waals surface area contributed by atoms with Crippen LogP contribution in [0.15, 0.2) is 78.9 Å². The van der Waals surface area contributed by atoms with E-state index in [1.165, 1.54) is 24.1 Å². The quantitative estimate of drug-likeness (QED) is 0.347. The predicted octanol–water partition coefficient (Wildman–Crippen LogP) is 3.77. The Morgan fingerprint density at radius 3 is 2.26 bits per heavy atom. The Labute approximate surface area is 229 Å². The molecular weight excluding hydrogens is 521 g/mol. The molecule has 0 spiro atoms. The Morgan fingerprint density at radius 1 is 0.974 bits per heavy atom. The van der Waals surface area contributed by atoms with E-state index in [9.17, 15) is 22.4 Å². The standard InChI is InChI=1S/C29H34FN3O5S/c1-4-17-31-29(35)27(19-22-9-6-5-7-10-22)32(20-23-11-8-12-26(18-23)38-2)28(34)21-33(39(3,36)37)25-15-13-24(30)14-16-25/h5-16,18,27H,4,17,19-21H2,1-3H3,(H,31,35)/t27-/m0/s1. The molecule has 0 aromatic heterocycles. The molecule has 0 heterocycles. The Bertz CT molecular complexity index is 1350. The van der Waals surface area contributed by atoms with Crippen LogP contribution in [0.25, 0.3) is 0 Å². The lowest BCUT2D eigenvalue weighted by Crippen LogP contribution is -2.53. The van der Waals surface area contributed by atoms with Gasteiger partial charge < -0.3 is 15.0 Å². The number of nitrogens with one attached hydrogen (secondary N) is 1. The van der Waals surface area contributed by atoms with Crippen molar-refractivity contribution in [1.82, 2.24) is 10.2 Å². The fourth-order valence-corrected chi connectivity index (χ4v) is 4.96. The fraction of sp³-hybridized carbons (Fsp3) is 0.310. The van der Waals surface area contributed by atoms with E-state index in [0.717, 1.165) is 28.3 Å². The number of halogens is 1. The summed E-state index contributed by atoms with van der Waals surface area (Å²) in [4.78, 5) is 28.8. The molecule has 3 aromatic carbocycles. The van der Waals surface area contributed by atoms with Crippen molar-refractivity contribution in [2.45, 2.75) is 32.4 Å². The lowest BCUT2D eigenvalue weighted by atomic mass is 10.0. The Balaban J connectivity index is 2.04. The van der Waals surface area contributed by atoms with Crippen LogP contribution in [0.2, 0.25) is 0 Å². The molecule has 39 heavy (non-hydrogen) atoms. The molecule has 10 heteroatoms. The topological polar surface area (TPSA) is 96.0 Å². The van der Waals surface area contributed by atoms with Crippen LogP contribution in [0.5, 0.6) is 5.75 Å². The summed E-state index contributed by atoms with van der Waals surface area (Å²) in [6, 6.07) is 20.3. The molecule has 0 unspecified atom stereocenters. The van der Waals surface area contributed by atoms with Crippen molar-refractivity contribution < 1.29 is 27.1 Å². The second-order valence-corrected chi connectivity index (χ2v) is 11.0. The number of rotatable bonds is 13. The van der Waals surface area contributed by atoms with Crippen molar-refractivity contribution in [1.29, 1.82) is 0 Å². The van der Waals surface area contributed by atoms with Gasteiger partial charge in [-0.2, -0.15) is 0 Å². The van der Waals surface area contributed by atoms with E-state index in [1.807, 2.05) is 37.3 Å². The van der Waals surface area contributed by atoms with Gasteiger partial charge in [0.05, 0.1) is 19.1 Å². The monoisotopic (exact) mass is 555 g/mol. The average molecular weight is 556 g/mol. The van der Waals surface area contributed by atoms with Crippen LogP contribution in [-0.4, -0.2) is 57.6 Å². The summed E-state index contributed by atoms with van der Waals surface area (Å²) in [5, 5.41) is 2.89. The third kappa shape index (κ3) is 8.54. The number of nitrogens with zero attached hydrogens (tertiary/aromatic N) is 2. The van der Waals surface area contributed by atoms with E-state index < -0.39 is 34.3 Å². The van der Waals surface area contributed by atoms with Gasteiger partial charge >= 0.3 is 0 Å². The first-order valence-electron chi connectivity index (χ1n) is 12.6.